The maximum absolute atomic E-state index is 14.1. The van der Waals surface area contributed by atoms with Crippen LogP contribution >= 0.6 is 11.3 Å². The summed E-state index contributed by atoms with van der Waals surface area (Å²) < 4.78 is 71.7. The van der Waals surface area contributed by atoms with Crippen LogP contribution in [0.25, 0.3) is 10.2 Å². The van der Waals surface area contributed by atoms with E-state index in [1.165, 1.54) is 4.90 Å². The molecule has 1 unspecified atom stereocenters. The van der Waals surface area contributed by atoms with Gasteiger partial charge in [-0.25, -0.2) is 26.6 Å². The molecule has 0 spiro atoms. The van der Waals surface area contributed by atoms with Crippen LogP contribution in [0.3, 0.4) is 0 Å². The molecule has 1 saturated heterocycles. The van der Waals surface area contributed by atoms with Gasteiger partial charge in [-0.15, -0.1) is 0 Å². The summed E-state index contributed by atoms with van der Waals surface area (Å²) in [5.74, 6) is -3.19. The molecule has 6 nitrogen and oxygen atoms in total. The lowest BCUT2D eigenvalue weighted by Crippen LogP contribution is -2.38. The maximum atomic E-state index is 14.1. The molecule has 1 amide bonds. The lowest BCUT2D eigenvalue weighted by Gasteiger charge is -2.23. The molecule has 2 heterocycles. The Kier molecular flexibility index (Phi) is 6.50. The van der Waals surface area contributed by atoms with Crippen molar-refractivity contribution in [3.05, 3.63) is 53.8 Å². The van der Waals surface area contributed by atoms with Gasteiger partial charge in [0.2, 0.25) is 5.91 Å². The Bertz CT molecular complexity index is 1240. The lowest BCUT2D eigenvalue weighted by atomic mass is 10.2. The highest BCUT2D eigenvalue weighted by Crippen LogP contribution is 2.32. The van der Waals surface area contributed by atoms with E-state index in [-0.39, 0.29) is 39.3 Å². The molecule has 3 aromatic rings. The minimum atomic E-state index is -3.82. The Balaban J connectivity index is 1.58. The summed E-state index contributed by atoms with van der Waals surface area (Å²) in [6.07, 6.45) is 0.914. The van der Waals surface area contributed by atoms with Crippen LogP contribution in [0.4, 0.5) is 18.3 Å². The van der Waals surface area contributed by atoms with E-state index in [9.17, 15) is 26.4 Å². The van der Waals surface area contributed by atoms with Crippen LogP contribution in [-0.2, 0) is 19.4 Å². The molecule has 1 aliphatic rings. The third-order valence-corrected chi connectivity index (χ3v) is 7.86. The Hall–Kier alpha value is -2.50. The minimum absolute atomic E-state index is 0.0597. The van der Waals surface area contributed by atoms with Gasteiger partial charge >= 0.3 is 0 Å². The number of thiazole rings is 1. The number of halogens is 3. The van der Waals surface area contributed by atoms with Gasteiger partial charge in [0.25, 0.3) is 0 Å². The summed E-state index contributed by atoms with van der Waals surface area (Å²) >= 11 is 0.944. The molecular formula is C21H19F3N2O4S2. The Labute approximate surface area is 186 Å². The number of carbonyl (C=O) groups is 1. The molecule has 0 N–H and O–H groups in total. The van der Waals surface area contributed by atoms with Gasteiger partial charge in [-0.05, 0) is 43.2 Å². The van der Waals surface area contributed by atoms with Gasteiger partial charge < -0.3 is 4.74 Å². The number of fused-ring (bicyclic) bond motifs is 1. The first kappa shape index (κ1) is 22.7. The molecule has 32 heavy (non-hydrogen) atoms. The van der Waals surface area contributed by atoms with Crippen molar-refractivity contribution in [1.82, 2.24) is 4.98 Å². The van der Waals surface area contributed by atoms with Gasteiger partial charge in [0.15, 0.2) is 20.8 Å². The molecule has 0 radical (unpaired) electrons. The van der Waals surface area contributed by atoms with Crippen molar-refractivity contribution < 1.29 is 31.1 Å². The average Bonchev–Trinajstić information content (AvgIpc) is 3.40. The van der Waals surface area contributed by atoms with Gasteiger partial charge in [0.05, 0.1) is 28.0 Å². The SMILES string of the molecule is O=C(CCS(=O)(=O)c1ccc(F)cc1)N(CC1CCCO1)c1nc2c(F)cc(F)cc2s1. The molecule has 1 aliphatic heterocycles. The highest BCUT2D eigenvalue weighted by molar-refractivity contribution is 7.91. The van der Waals surface area contributed by atoms with E-state index < -0.39 is 38.9 Å². The van der Waals surface area contributed by atoms with Crippen molar-refractivity contribution >= 4 is 42.4 Å². The first-order valence-electron chi connectivity index (χ1n) is 9.89. The lowest BCUT2D eigenvalue weighted by molar-refractivity contribution is -0.118. The molecule has 2 aromatic carbocycles. The smallest absolute Gasteiger partial charge is 0.229 e. The first-order valence-corrected chi connectivity index (χ1v) is 12.4. The number of carbonyl (C=O) groups excluding carboxylic acids is 1. The predicted octanol–water partition coefficient (Wildman–Crippen LogP) is 4.09. The van der Waals surface area contributed by atoms with E-state index in [1.807, 2.05) is 0 Å². The summed E-state index contributed by atoms with van der Waals surface area (Å²) in [6, 6.07) is 6.20. The monoisotopic (exact) mass is 484 g/mol. The second kappa shape index (κ2) is 9.16. The fraction of sp³-hybridized carbons (Fsp3) is 0.333. The largest absolute Gasteiger partial charge is 0.376 e. The zero-order valence-corrected chi connectivity index (χ0v) is 18.4. The van der Waals surface area contributed by atoms with Gasteiger partial charge in [-0.1, -0.05) is 11.3 Å². The van der Waals surface area contributed by atoms with Crippen LogP contribution in [0.2, 0.25) is 0 Å². The minimum Gasteiger partial charge on any atom is -0.376 e. The van der Waals surface area contributed by atoms with E-state index in [0.717, 1.165) is 48.1 Å². The molecule has 0 aliphatic carbocycles. The van der Waals surface area contributed by atoms with E-state index in [2.05, 4.69) is 4.98 Å². The van der Waals surface area contributed by atoms with E-state index in [1.54, 1.807) is 0 Å². The van der Waals surface area contributed by atoms with Crippen molar-refractivity contribution in [2.24, 2.45) is 0 Å². The summed E-state index contributed by atoms with van der Waals surface area (Å²) in [7, 11) is -3.82. The fourth-order valence-electron chi connectivity index (χ4n) is 3.46. The third kappa shape index (κ3) is 4.94. The summed E-state index contributed by atoms with van der Waals surface area (Å²) in [6.45, 7) is 0.671. The number of hydrogen-bond acceptors (Lipinski definition) is 6. The van der Waals surface area contributed by atoms with Gasteiger partial charge in [-0.2, -0.15) is 0 Å². The molecule has 1 fully saturated rings. The molecule has 11 heteroatoms. The summed E-state index contributed by atoms with van der Waals surface area (Å²) in [4.78, 5) is 18.4. The average molecular weight is 485 g/mol. The number of aromatic nitrogens is 1. The van der Waals surface area contributed by atoms with Crippen molar-refractivity contribution in [3.63, 3.8) is 0 Å². The highest BCUT2D eigenvalue weighted by Gasteiger charge is 2.28. The van der Waals surface area contributed by atoms with Crippen molar-refractivity contribution in [2.45, 2.75) is 30.3 Å². The molecule has 170 valence electrons. The van der Waals surface area contributed by atoms with Gasteiger partial charge in [-0.3, -0.25) is 9.69 Å². The van der Waals surface area contributed by atoms with E-state index in [4.69, 9.17) is 4.74 Å². The van der Waals surface area contributed by atoms with E-state index >= 15 is 0 Å². The number of benzene rings is 2. The molecule has 4 rings (SSSR count). The van der Waals surface area contributed by atoms with Crippen LogP contribution in [0.15, 0.2) is 41.3 Å². The van der Waals surface area contributed by atoms with Crippen LogP contribution in [0, 0.1) is 17.5 Å². The molecule has 1 aromatic heterocycles. The second-order valence-corrected chi connectivity index (χ2v) is 10.5. The zero-order valence-electron chi connectivity index (χ0n) is 16.8. The van der Waals surface area contributed by atoms with Gasteiger partial charge in [0.1, 0.15) is 17.2 Å². The second-order valence-electron chi connectivity index (χ2n) is 7.39. The van der Waals surface area contributed by atoms with Gasteiger partial charge in [0, 0.05) is 19.1 Å². The number of rotatable bonds is 7. The molecular weight excluding hydrogens is 465 g/mol. The Morgan fingerprint density at radius 2 is 1.91 bits per heavy atom. The first-order chi connectivity index (χ1) is 15.2. The zero-order chi connectivity index (χ0) is 22.9. The number of sulfone groups is 1. The van der Waals surface area contributed by atoms with E-state index in [0.29, 0.717) is 19.1 Å². The number of ether oxygens (including phenoxy) is 1. The Morgan fingerprint density at radius 1 is 1.16 bits per heavy atom. The summed E-state index contributed by atoms with van der Waals surface area (Å²) in [5.41, 5.74) is -0.0597. The topological polar surface area (TPSA) is 76.6 Å². The fourth-order valence-corrected chi connectivity index (χ4v) is 5.72. The highest BCUT2D eigenvalue weighted by atomic mass is 32.2. The normalized spacial score (nSPS) is 16.5. The molecule has 0 saturated carbocycles. The van der Waals surface area contributed by atoms with Crippen LogP contribution in [0.5, 0.6) is 0 Å². The number of hydrogen-bond donors (Lipinski definition) is 0. The number of nitrogens with zero attached hydrogens (tertiary/aromatic N) is 2. The third-order valence-electron chi connectivity index (χ3n) is 5.10. The van der Waals surface area contributed by atoms with Crippen LogP contribution in [-0.4, -0.2) is 44.3 Å². The Morgan fingerprint density at radius 3 is 2.59 bits per heavy atom. The van der Waals surface area contributed by atoms with Crippen molar-refractivity contribution in [2.75, 3.05) is 23.8 Å². The standard InChI is InChI=1S/C21H19F3N2O4S2/c22-13-3-5-16(6-4-13)32(28,29)9-7-19(27)26(12-15-2-1-8-30-15)21-25-20-17(24)10-14(23)11-18(20)31-21/h3-6,10-11,15H,1-2,7-9,12H2. The van der Waals surface area contributed by atoms with Crippen molar-refractivity contribution in [3.8, 4) is 0 Å². The maximum Gasteiger partial charge on any atom is 0.229 e. The number of amides is 1. The van der Waals surface area contributed by atoms with Crippen LogP contribution in [0.1, 0.15) is 19.3 Å². The molecule has 0 bridgehead atoms. The predicted molar refractivity (Wildman–Crippen MR) is 114 cm³/mol. The van der Waals surface area contributed by atoms with Crippen molar-refractivity contribution in [1.29, 1.82) is 0 Å². The van der Waals surface area contributed by atoms with Crippen LogP contribution < -0.4 is 4.90 Å². The quantitative estimate of drug-likeness (QED) is 0.472. The number of anilines is 1. The molecule has 1 atom stereocenters. The summed E-state index contributed by atoms with van der Waals surface area (Å²) in [5, 5.41) is 0.143.